The zero-order chi connectivity index (χ0) is 28.3. The number of fused-ring (bicyclic) bond motifs is 1. The maximum atomic E-state index is 12.7. The molecule has 0 aliphatic carbocycles. The molecule has 3 aliphatic heterocycles. The Hall–Kier alpha value is -4.23. The molecule has 1 unspecified atom stereocenters. The van der Waals surface area contributed by atoms with Crippen molar-refractivity contribution in [1.82, 2.24) is 29.7 Å². The molecule has 0 saturated carbocycles. The zero-order valence-electron chi connectivity index (χ0n) is 22.3. The Morgan fingerprint density at radius 2 is 1.59 bits per heavy atom. The number of rotatable bonds is 2. The highest BCUT2D eigenvalue weighted by molar-refractivity contribution is 5.99. The van der Waals surface area contributed by atoms with E-state index < -0.39 is 23.2 Å². The molecular formula is C25H33N7O7. The molecule has 5 heterocycles. The molecular weight excluding hydrogens is 510 g/mol. The van der Waals surface area contributed by atoms with Gasteiger partial charge in [0.1, 0.15) is 11.6 Å². The first-order valence-electron chi connectivity index (χ1n) is 12.9. The van der Waals surface area contributed by atoms with E-state index in [2.05, 4.69) is 20.6 Å². The first kappa shape index (κ1) is 27.8. The summed E-state index contributed by atoms with van der Waals surface area (Å²) in [5.74, 6) is -1.13. The number of imide groups is 2. The number of hydrogen-bond acceptors (Lipinski definition) is 9. The standard InChI is InChI=1S/C20H26N6O5.C5H7NO2/c1-20(2,3)31-19(30)24-10-8-23(9-11-24)13-6-7-25-15(12-13)22-26(18(25)29)14-4-5-16(27)21-17(14)28;7-4-2-1-3-5(8)6-4/h6-7,12,14H,4-5,8-11H2,1-3H3,(H,21,27,28);1-3H2,(H,6,7,8). The fourth-order valence-corrected chi connectivity index (χ4v) is 4.46. The van der Waals surface area contributed by atoms with Gasteiger partial charge >= 0.3 is 11.8 Å². The van der Waals surface area contributed by atoms with E-state index in [1.165, 1.54) is 4.40 Å². The number of amides is 5. The Kier molecular flexibility index (Phi) is 8.02. The topological polar surface area (TPSA) is 164 Å². The molecule has 14 nitrogen and oxygen atoms in total. The molecule has 0 spiro atoms. The third-order valence-corrected chi connectivity index (χ3v) is 6.42. The lowest BCUT2D eigenvalue weighted by Gasteiger charge is -2.36. The third-order valence-electron chi connectivity index (χ3n) is 6.42. The van der Waals surface area contributed by atoms with Gasteiger partial charge in [0.05, 0.1) is 0 Å². The van der Waals surface area contributed by atoms with E-state index in [4.69, 9.17) is 4.74 Å². The molecule has 0 aromatic carbocycles. The van der Waals surface area contributed by atoms with Gasteiger partial charge in [-0.05, 0) is 39.7 Å². The quantitative estimate of drug-likeness (QED) is 0.508. The molecule has 39 heavy (non-hydrogen) atoms. The maximum absolute atomic E-state index is 12.7. The van der Waals surface area contributed by atoms with Gasteiger partial charge in [-0.3, -0.25) is 34.2 Å². The van der Waals surface area contributed by atoms with Gasteiger partial charge < -0.3 is 14.5 Å². The summed E-state index contributed by atoms with van der Waals surface area (Å²) in [7, 11) is 0. The fourth-order valence-electron chi connectivity index (χ4n) is 4.46. The van der Waals surface area contributed by atoms with Gasteiger partial charge in [-0.25, -0.2) is 9.59 Å². The van der Waals surface area contributed by atoms with E-state index in [1.54, 1.807) is 17.2 Å². The molecule has 2 aromatic rings. The van der Waals surface area contributed by atoms with Crippen LogP contribution >= 0.6 is 0 Å². The van der Waals surface area contributed by atoms with E-state index in [9.17, 15) is 28.8 Å². The van der Waals surface area contributed by atoms with Gasteiger partial charge in [0.15, 0.2) is 5.65 Å². The minimum Gasteiger partial charge on any atom is -0.444 e. The van der Waals surface area contributed by atoms with Crippen molar-refractivity contribution in [3.05, 3.63) is 28.8 Å². The summed E-state index contributed by atoms with van der Waals surface area (Å²) in [6.45, 7) is 7.81. The van der Waals surface area contributed by atoms with Crippen molar-refractivity contribution in [2.45, 2.75) is 64.5 Å². The van der Waals surface area contributed by atoms with Crippen LogP contribution in [0.25, 0.3) is 5.65 Å². The molecule has 210 valence electrons. The zero-order valence-corrected chi connectivity index (χ0v) is 22.3. The highest BCUT2D eigenvalue weighted by Crippen LogP contribution is 2.21. The average molecular weight is 544 g/mol. The van der Waals surface area contributed by atoms with E-state index in [1.807, 2.05) is 26.8 Å². The van der Waals surface area contributed by atoms with E-state index in [0.29, 0.717) is 51.1 Å². The predicted octanol–water partition coefficient (Wildman–Crippen LogP) is 0.344. The van der Waals surface area contributed by atoms with Gasteiger partial charge in [-0.1, -0.05) is 0 Å². The Balaban J connectivity index is 0.000000379. The third kappa shape index (κ3) is 6.81. The Morgan fingerprint density at radius 1 is 0.949 bits per heavy atom. The lowest BCUT2D eigenvalue weighted by Crippen LogP contribution is -2.50. The monoisotopic (exact) mass is 543 g/mol. The smallest absolute Gasteiger partial charge is 0.410 e. The second kappa shape index (κ2) is 11.3. The lowest BCUT2D eigenvalue weighted by atomic mass is 10.1. The lowest BCUT2D eigenvalue weighted by molar-refractivity contribution is -0.136. The summed E-state index contributed by atoms with van der Waals surface area (Å²) >= 11 is 0. The van der Waals surface area contributed by atoms with Gasteiger partial charge in [0.2, 0.25) is 17.7 Å². The number of carbonyl (C=O) groups is 5. The van der Waals surface area contributed by atoms with Crippen molar-refractivity contribution in [3.8, 4) is 0 Å². The molecule has 5 rings (SSSR count). The second-order valence-electron chi connectivity index (χ2n) is 10.6. The molecule has 2 N–H and O–H groups in total. The summed E-state index contributed by atoms with van der Waals surface area (Å²) in [5, 5.41) is 8.79. The van der Waals surface area contributed by atoms with Crippen LogP contribution in [0.15, 0.2) is 23.1 Å². The molecule has 3 saturated heterocycles. The second-order valence-corrected chi connectivity index (χ2v) is 10.6. The molecule has 0 radical (unpaired) electrons. The van der Waals surface area contributed by atoms with Crippen LogP contribution in [0.1, 0.15) is 58.9 Å². The van der Waals surface area contributed by atoms with Crippen LogP contribution in [0.3, 0.4) is 0 Å². The van der Waals surface area contributed by atoms with Crippen molar-refractivity contribution in [2.75, 3.05) is 31.1 Å². The summed E-state index contributed by atoms with van der Waals surface area (Å²) < 4.78 is 7.95. The number of nitrogens with zero attached hydrogens (tertiary/aromatic N) is 5. The SMILES string of the molecule is CC(C)(C)OC(=O)N1CCN(c2ccn3c(=O)n(C4CCC(=O)NC4=O)nc3c2)CC1.O=C1CCCC(=O)N1. The van der Waals surface area contributed by atoms with Crippen LogP contribution in [-0.4, -0.2) is 80.6 Å². The Morgan fingerprint density at radius 3 is 2.15 bits per heavy atom. The summed E-state index contributed by atoms with van der Waals surface area (Å²) in [5.41, 5.74) is 0.331. The largest absolute Gasteiger partial charge is 0.444 e. The molecule has 14 heteroatoms. The molecule has 1 atom stereocenters. The number of anilines is 1. The maximum Gasteiger partial charge on any atom is 0.410 e. The van der Waals surface area contributed by atoms with Crippen molar-refractivity contribution in [1.29, 1.82) is 0 Å². The van der Waals surface area contributed by atoms with E-state index in [-0.39, 0.29) is 36.7 Å². The minimum absolute atomic E-state index is 0.138. The normalized spacial score (nSPS) is 20.2. The predicted molar refractivity (Wildman–Crippen MR) is 138 cm³/mol. The molecule has 3 aliphatic rings. The van der Waals surface area contributed by atoms with Crippen LogP contribution < -0.4 is 21.2 Å². The number of aromatic nitrogens is 3. The number of ether oxygens (including phenoxy) is 1. The molecule has 0 bridgehead atoms. The Bertz CT molecular complexity index is 1330. The van der Waals surface area contributed by atoms with Crippen molar-refractivity contribution in [3.63, 3.8) is 0 Å². The van der Waals surface area contributed by atoms with Gasteiger partial charge in [-0.2, -0.15) is 4.68 Å². The number of pyridine rings is 1. The first-order chi connectivity index (χ1) is 18.4. The van der Waals surface area contributed by atoms with Crippen molar-refractivity contribution < 1.29 is 28.7 Å². The highest BCUT2D eigenvalue weighted by Gasteiger charge is 2.31. The fraction of sp³-hybridized carbons (Fsp3) is 0.560. The van der Waals surface area contributed by atoms with Crippen LogP contribution in [0.4, 0.5) is 10.5 Å². The Labute approximate surface area is 224 Å². The summed E-state index contributed by atoms with van der Waals surface area (Å²) in [6.07, 6.45) is 3.44. The molecule has 3 fully saturated rings. The highest BCUT2D eigenvalue weighted by atomic mass is 16.6. The molecule has 2 aromatic heterocycles. The summed E-state index contributed by atoms with van der Waals surface area (Å²) in [6, 6.07) is 2.80. The summed E-state index contributed by atoms with van der Waals surface area (Å²) in [4.78, 5) is 72.9. The number of nitrogens with one attached hydrogen (secondary N) is 2. The number of piperidine rings is 2. The minimum atomic E-state index is -0.800. The van der Waals surface area contributed by atoms with Crippen LogP contribution in [0.5, 0.6) is 0 Å². The van der Waals surface area contributed by atoms with Gasteiger partial charge in [0, 0.05) is 63.4 Å². The number of hydrogen-bond donors (Lipinski definition) is 2. The van der Waals surface area contributed by atoms with Gasteiger partial charge in [-0.15, -0.1) is 5.10 Å². The van der Waals surface area contributed by atoms with E-state index >= 15 is 0 Å². The van der Waals surface area contributed by atoms with Crippen LogP contribution in [0, 0.1) is 0 Å². The van der Waals surface area contributed by atoms with Gasteiger partial charge in [0.25, 0.3) is 5.91 Å². The average Bonchev–Trinajstić information content (AvgIpc) is 3.19. The van der Waals surface area contributed by atoms with Crippen LogP contribution in [0.2, 0.25) is 0 Å². The number of piperazine rings is 1. The molecule has 5 amide bonds. The van der Waals surface area contributed by atoms with Crippen molar-refractivity contribution in [2.24, 2.45) is 0 Å². The number of carbonyl (C=O) groups excluding carboxylic acids is 5. The first-order valence-corrected chi connectivity index (χ1v) is 12.9. The van der Waals surface area contributed by atoms with Crippen LogP contribution in [-0.2, 0) is 23.9 Å². The van der Waals surface area contributed by atoms with E-state index in [0.717, 1.165) is 10.4 Å². The van der Waals surface area contributed by atoms with Crippen molar-refractivity contribution >= 4 is 41.1 Å².